The van der Waals surface area contributed by atoms with Gasteiger partial charge in [-0.3, -0.25) is 9.59 Å². The van der Waals surface area contributed by atoms with Gasteiger partial charge in [0.25, 0.3) is 0 Å². The SMILES string of the molecule is CCCCCC#CCOC(=O)CCCCCCCN(CCO)CCCCCCCC(=O)OC(CCCCCCCC)CCCCCCCC. The van der Waals surface area contributed by atoms with E-state index < -0.39 is 0 Å². The van der Waals surface area contributed by atoms with E-state index in [4.69, 9.17) is 9.47 Å². The van der Waals surface area contributed by atoms with Crippen LogP contribution >= 0.6 is 0 Å². The summed E-state index contributed by atoms with van der Waals surface area (Å²) in [4.78, 5) is 26.9. The Morgan fingerprint density at radius 3 is 1.51 bits per heavy atom. The molecule has 0 bridgehead atoms. The zero-order valence-electron chi connectivity index (χ0n) is 32.9. The van der Waals surface area contributed by atoms with Crippen LogP contribution in [0.3, 0.4) is 0 Å². The molecule has 0 aliphatic carbocycles. The summed E-state index contributed by atoms with van der Waals surface area (Å²) >= 11 is 0. The highest BCUT2D eigenvalue weighted by atomic mass is 16.5. The van der Waals surface area contributed by atoms with Crippen LogP contribution < -0.4 is 0 Å². The fraction of sp³-hybridized carbons (Fsp3) is 0.907. The van der Waals surface area contributed by atoms with Gasteiger partial charge in [0, 0.05) is 25.8 Å². The Morgan fingerprint density at radius 1 is 0.531 bits per heavy atom. The van der Waals surface area contributed by atoms with Gasteiger partial charge >= 0.3 is 11.9 Å². The molecule has 6 heteroatoms. The first-order chi connectivity index (χ1) is 24.1. The predicted molar refractivity (Wildman–Crippen MR) is 208 cm³/mol. The van der Waals surface area contributed by atoms with E-state index in [1.165, 1.54) is 89.9 Å². The molecule has 0 aromatic heterocycles. The van der Waals surface area contributed by atoms with Gasteiger partial charge in [-0.05, 0) is 70.9 Å². The summed E-state index contributed by atoms with van der Waals surface area (Å²) in [5.41, 5.74) is 0. The van der Waals surface area contributed by atoms with Crippen LogP contribution in [0.1, 0.15) is 213 Å². The quantitative estimate of drug-likeness (QED) is 0.0397. The number of aliphatic hydroxyl groups excluding tert-OH is 1. The zero-order chi connectivity index (χ0) is 35.9. The summed E-state index contributed by atoms with van der Waals surface area (Å²) in [6.07, 6.45) is 33.7. The standard InChI is InChI=1S/C43H81NO5/c1-4-7-10-13-18-25-32-41(33-26-19-14-11-8-5-2)49-43(47)35-28-21-17-23-30-37-44(38-39-45)36-29-22-16-20-27-34-42(46)48-40-31-24-15-12-9-6-3/h41,45H,4-23,25-30,32-40H2,1-3H3. The molecule has 0 fully saturated rings. The predicted octanol–water partition coefficient (Wildman–Crippen LogP) is 11.5. The number of unbranched alkanes of at least 4 members (excludes halogenated alkanes) is 21. The van der Waals surface area contributed by atoms with Crippen LogP contribution in [0, 0.1) is 11.8 Å². The van der Waals surface area contributed by atoms with Crippen molar-refractivity contribution in [2.45, 2.75) is 219 Å². The van der Waals surface area contributed by atoms with Crippen LogP contribution in [0.25, 0.3) is 0 Å². The van der Waals surface area contributed by atoms with Gasteiger partial charge in [0.2, 0.25) is 0 Å². The third-order valence-corrected chi connectivity index (χ3v) is 9.52. The number of aliphatic hydroxyl groups is 1. The van der Waals surface area contributed by atoms with E-state index in [0.717, 1.165) is 110 Å². The summed E-state index contributed by atoms with van der Waals surface area (Å²) in [6.45, 7) is 9.89. The van der Waals surface area contributed by atoms with Crippen LogP contribution in [0.4, 0.5) is 0 Å². The molecule has 0 aliphatic rings. The first kappa shape index (κ1) is 47.4. The molecule has 0 spiro atoms. The lowest BCUT2D eigenvalue weighted by Gasteiger charge is -2.21. The van der Waals surface area contributed by atoms with Gasteiger partial charge in [0.1, 0.15) is 6.10 Å². The molecule has 0 rings (SSSR count). The average molecular weight is 692 g/mol. The second-order valence-corrected chi connectivity index (χ2v) is 14.3. The van der Waals surface area contributed by atoms with E-state index in [1.54, 1.807) is 0 Å². The van der Waals surface area contributed by atoms with Gasteiger partial charge in [0.05, 0.1) is 6.61 Å². The lowest BCUT2D eigenvalue weighted by molar-refractivity contribution is -0.150. The molecule has 49 heavy (non-hydrogen) atoms. The van der Waals surface area contributed by atoms with Crippen LogP contribution in [0.15, 0.2) is 0 Å². The van der Waals surface area contributed by atoms with E-state index in [9.17, 15) is 14.7 Å². The summed E-state index contributed by atoms with van der Waals surface area (Å²) < 4.78 is 11.2. The number of hydrogen-bond donors (Lipinski definition) is 1. The normalized spacial score (nSPS) is 11.2. The number of carbonyl (C=O) groups excluding carboxylic acids is 2. The van der Waals surface area contributed by atoms with Crippen LogP contribution in [0.2, 0.25) is 0 Å². The minimum Gasteiger partial charge on any atom is -0.462 e. The molecular formula is C43H81NO5. The largest absolute Gasteiger partial charge is 0.462 e. The maximum Gasteiger partial charge on any atom is 0.306 e. The Labute approximate surface area is 304 Å². The van der Waals surface area contributed by atoms with Crippen LogP contribution in [0.5, 0.6) is 0 Å². The van der Waals surface area contributed by atoms with E-state index in [-0.39, 0.29) is 31.3 Å². The maximum absolute atomic E-state index is 12.7. The summed E-state index contributed by atoms with van der Waals surface area (Å²) in [5.74, 6) is 5.88. The second kappa shape index (κ2) is 39.2. The number of hydrogen-bond acceptors (Lipinski definition) is 6. The van der Waals surface area contributed by atoms with E-state index >= 15 is 0 Å². The number of carbonyl (C=O) groups is 2. The second-order valence-electron chi connectivity index (χ2n) is 14.3. The van der Waals surface area contributed by atoms with Gasteiger partial charge in [0.15, 0.2) is 6.61 Å². The zero-order valence-corrected chi connectivity index (χ0v) is 32.9. The van der Waals surface area contributed by atoms with E-state index in [0.29, 0.717) is 12.8 Å². The molecular weight excluding hydrogens is 610 g/mol. The van der Waals surface area contributed by atoms with E-state index in [2.05, 4.69) is 37.5 Å². The Kier molecular flexibility index (Phi) is 37.9. The lowest BCUT2D eigenvalue weighted by Crippen LogP contribution is -2.29. The summed E-state index contributed by atoms with van der Waals surface area (Å²) in [7, 11) is 0. The monoisotopic (exact) mass is 692 g/mol. The minimum absolute atomic E-state index is 0.00867. The van der Waals surface area contributed by atoms with Crippen molar-refractivity contribution in [3.05, 3.63) is 0 Å². The van der Waals surface area contributed by atoms with E-state index in [1.807, 2.05) is 0 Å². The Morgan fingerprint density at radius 2 is 0.980 bits per heavy atom. The molecule has 0 saturated heterocycles. The van der Waals surface area contributed by atoms with Crippen molar-refractivity contribution < 1.29 is 24.2 Å². The van der Waals surface area contributed by atoms with Gasteiger partial charge in [-0.25, -0.2) is 0 Å². The fourth-order valence-electron chi connectivity index (χ4n) is 6.35. The molecule has 0 aliphatic heterocycles. The molecule has 0 unspecified atom stereocenters. The van der Waals surface area contributed by atoms with Gasteiger partial charge in [-0.2, -0.15) is 0 Å². The highest BCUT2D eigenvalue weighted by Gasteiger charge is 2.14. The number of ether oxygens (including phenoxy) is 2. The maximum atomic E-state index is 12.7. The van der Waals surface area contributed by atoms with Crippen molar-refractivity contribution in [1.29, 1.82) is 0 Å². The van der Waals surface area contributed by atoms with Crippen molar-refractivity contribution in [3.8, 4) is 11.8 Å². The Hall–Kier alpha value is -1.58. The van der Waals surface area contributed by atoms with Crippen molar-refractivity contribution in [2.24, 2.45) is 0 Å². The van der Waals surface area contributed by atoms with Crippen molar-refractivity contribution in [3.63, 3.8) is 0 Å². The highest BCUT2D eigenvalue weighted by molar-refractivity contribution is 5.69. The first-order valence-electron chi connectivity index (χ1n) is 21.2. The number of esters is 2. The molecule has 0 heterocycles. The smallest absolute Gasteiger partial charge is 0.306 e. The topological polar surface area (TPSA) is 76.1 Å². The molecule has 1 N–H and O–H groups in total. The average Bonchev–Trinajstić information content (AvgIpc) is 3.09. The third kappa shape index (κ3) is 36.0. The molecule has 0 saturated carbocycles. The van der Waals surface area contributed by atoms with Gasteiger partial charge in [-0.15, -0.1) is 0 Å². The minimum atomic E-state index is -0.136. The van der Waals surface area contributed by atoms with Gasteiger partial charge in [-0.1, -0.05) is 148 Å². The summed E-state index contributed by atoms with van der Waals surface area (Å²) in [6, 6.07) is 0. The third-order valence-electron chi connectivity index (χ3n) is 9.52. The molecule has 0 atom stereocenters. The highest BCUT2D eigenvalue weighted by Crippen LogP contribution is 2.18. The van der Waals surface area contributed by atoms with Crippen LogP contribution in [-0.2, 0) is 19.1 Å². The van der Waals surface area contributed by atoms with Gasteiger partial charge < -0.3 is 19.5 Å². The molecule has 0 aromatic rings. The lowest BCUT2D eigenvalue weighted by atomic mass is 10.0. The first-order valence-corrected chi connectivity index (χ1v) is 21.2. The Balaban J connectivity index is 3.99. The number of nitrogens with zero attached hydrogens (tertiary/aromatic N) is 1. The molecule has 0 radical (unpaired) electrons. The van der Waals surface area contributed by atoms with Crippen molar-refractivity contribution in [2.75, 3.05) is 32.8 Å². The van der Waals surface area contributed by atoms with Crippen molar-refractivity contribution in [1.82, 2.24) is 4.90 Å². The fourth-order valence-corrected chi connectivity index (χ4v) is 6.35. The molecule has 0 aromatic carbocycles. The number of rotatable bonds is 37. The molecule has 0 amide bonds. The van der Waals surface area contributed by atoms with Crippen molar-refractivity contribution >= 4 is 11.9 Å². The molecule has 288 valence electrons. The van der Waals surface area contributed by atoms with Crippen LogP contribution in [-0.4, -0.2) is 60.9 Å². The Bertz CT molecular complexity index is 760. The summed E-state index contributed by atoms with van der Waals surface area (Å²) in [5, 5.41) is 9.52. The molecule has 6 nitrogen and oxygen atoms in total.